The van der Waals surface area contributed by atoms with Gasteiger partial charge in [0, 0.05) is 20.3 Å². The standard InChI is InChI=1S/C12H25N3O3/c1-3-7-18-10-5-4-6-15(8-10)11(9-17-2)12(16)14-13/h10-11H,3-9,13H2,1-2H3,(H,14,16). The summed E-state index contributed by atoms with van der Waals surface area (Å²) in [4.78, 5) is 13.8. The Kier molecular flexibility index (Phi) is 7.19. The number of likely N-dealkylation sites (tertiary alicyclic amines) is 1. The number of methoxy groups -OCH3 is 1. The number of piperidine rings is 1. The van der Waals surface area contributed by atoms with Gasteiger partial charge in [-0.3, -0.25) is 15.1 Å². The van der Waals surface area contributed by atoms with Crippen LogP contribution in [-0.4, -0.2) is 56.4 Å². The number of nitrogens with one attached hydrogen (secondary N) is 1. The number of carbonyl (C=O) groups is 1. The highest BCUT2D eigenvalue weighted by molar-refractivity contribution is 5.81. The van der Waals surface area contributed by atoms with E-state index in [1.165, 1.54) is 0 Å². The molecule has 0 aromatic rings. The first kappa shape index (κ1) is 15.4. The molecule has 0 bridgehead atoms. The fraction of sp³-hybridized carbons (Fsp3) is 0.917. The second-order valence-corrected chi connectivity index (χ2v) is 4.61. The Morgan fingerprint density at radius 1 is 1.61 bits per heavy atom. The van der Waals surface area contributed by atoms with Gasteiger partial charge in [0.05, 0.1) is 12.7 Å². The first-order valence-corrected chi connectivity index (χ1v) is 6.58. The third-order valence-corrected chi connectivity index (χ3v) is 3.18. The molecule has 1 fully saturated rings. The number of carbonyl (C=O) groups excluding carboxylic acids is 1. The van der Waals surface area contributed by atoms with Gasteiger partial charge in [-0.25, -0.2) is 5.84 Å². The fourth-order valence-electron chi connectivity index (χ4n) is 2.27. The minimum Gasteiger partial charge on any atom is -0.383 e. The van der Waals surface area contributed by atoms with Crippen molar-refractivity contribution in [2.24, 2.45) is 5.84 Å². The van der Waals surface area contributed by atoms with Gasteiger partial charge >= 0.3 is 0 Å². The molecule has 1 aliphatic heterocycles. The van der Waals surface area contributed by atoms with E-state index in [0.717, 1.165) is 39.0 Å². The number of ether oxygens (including phenoxy) is 2. The number of hydrogen-bond donors (Lipinski definition) is 2. The number of amides is 1. The molecule has 1 rings (SSSR count). The zero-order valence-electron chi connectivity index (χ0n) is 11.4. The molecule has 1 saturated heterocycles. The largest absolute Gasteiger partial charge is 0.383 e. The summed E-state index contributed by atoms with van der Waals surface area (Å²) >= 11 is 0. The molecule has 0 radical (unpaired) electrons. The quantitative estimate of drug-likeness (QED) is 0.379. The molecule has 3 N–H and O–H groups in total. The summed E-state index contributed by atoms with van der Waals surface area (Å²) in [5.74, 6) is 5.01. The van der Waals surface area contributed by atoms with Crippen LogP contribution in [-0.2, 0) is 14.3 Å². The van der Waals surface area contributed by atoms with E-state index >= 15 is 0 Å². The lowest BCUT2D eigenvalue weighted by molar-refractivity contribution is -0.130. The van der Waals surface area contributed by atoms with Gasteiger partial charge < -0.3 is 9.47 Å². The van der Waals surface area contributed by atoms with Crippen LogP contribution in [0.5, 0.6) is 0 Å². The van der Waals surface area contributed by atoms with Crippen molar-refractivity contribution in [3.8, 4) is 0 Å². The number of hydrazine groups is 1. The predicted octanol–water partition coefficient (Wildman–Crippen LogP) is -0.118. The maximum Gasteiger partial charge on any atom is 0.253 e. The third-order valence-electron chi connectivity index (χ3n) is 3.18. The van der Waals surface area contributed by atoms with Crippen molar-refractivity contribution in [2.45, 2.75) is 38.3 Å². The summed E-state index contributed by atoms with van der Waals surface area (Å²) in [5.41, 5.74) is 2.20. The molecule has 18 heavy (non-hydrogen) atoms. The third kappa shape index (κ3) is 4.53. The Bertz CT molecular complexity index is 251. The van der Waals surface area contributed by atoms with E-state index in [1.807, 2.05) is 0 Å². The monoisotopic (exact) mass is 259 g/mol. The first-order chi connectivity index (χ1) is 8.72. The van der Waals surface area contributed by atoms with Crippen LogP contribution >= 0.6 is 0 Å². The number of nitrogens with zero attached hydrogens (tertiary/aromatic N) is 1. The molecule has 0 aliphatic carbocycles. The molecular formula is C12H25N3O3. The van der Waals surface area contributed by atoms with Gasteiger partial charge in [0.15, 0.2) is 0 Å². The SMILES string of the molecule is CCCOC1CCCN(C(COC)C(=O)NN)C1. The van der Waals surface area contributed by atoms with Gasteiger partial charge in [-0.1, -0.05) is 6.92 Å². The maximum absolute atomic E-state index is 11.7. The summed E-state index contributed by atoms with van der Waals surface area (Å²) in [7, 11) is 1.59. The molecular weight excluding hydrogens is 234 g/mol. The van der Waals surface area contributed by atoms with E-state index in [9.17, 15) is 4.79 Å². The topological polar surface area (TPSA) is 76.8 Å². The van der Waals surface area contributed by atoms with E-state index in [1.54, 1.807) is 7.11 Å². The Morgan fingerprint density at radius 2 is 2.39 bits per heavy atom. The summed E-state index contributed by atoms with van der Waals surface area (Å²) in [6.07, 6.45) is 3.32. The first-order valence-electron chi connectivity index (χ1n) is 6.58. The van der Waals surface area contributed by atoms with Crippen LogP contribution in [0, 0.1) is 0 Å². The Morgan fingerprint density at radius 3 is 3.00 bits per heavy atom. The fourth-order valence-corrected chi connectivity index (χ4v) is 2.27. The molecule has 1 amide bonds. The molecule has 106 valence electrons. The lowest BCUT2D eigenvalue weighted by Gasteiger charge is -2.36. The Balaban J connectivity index is 2.53. The summed E-state index contributed by atoms with van der Waals surface area (Å²) in [6, 6.07) is -0.326. The normalized spacial score (nSPS) is 22.7. The van der Waals surface area contributed by atoms with Gasteiger partial charge in [-0.2, -0.15) is 0 Å². The van der Waals surface area contributed by atoms with Crippen molar-refractivity contribution in [3.63, 3.8) is 0 Å². The maximum atomic E-state index is 11.7. The number of hydrogen-bond acceptors (Lipinski definition) is 5. The van der Waals surface area contributed by atoms with Gasteiger partial charge in [0.25, 0.3) is 5.91 Å². The van der Waals surface area contributed by atoms with Gasteiger partial charge in [-0.15, -0.1) is 0 Å². The highest BCUT2D eigenvalue weighted by Crippen LogP contribution is 2.16. The minimum absolute atomic E-state index is 0.201. The summed E-state index contributed by atoms with van der Waals surface area (Å²) in [5, 5.41) is 0. The smallest absolute Gasteiger partial charge is 0.253 e. The van der Waals surface area contributed by atoms with E-state index in [-0.39, 0.29) is 18.1 Å². The van der Waals surface area contributed by atoms with Crippen molar-refractivity contribution in [1.82, 2.24) is 10.3 Å². The van der Waals surface area contributed by atoms with E-state index in [4.69, 9.17) is 15.3 Å². The van der Waals surface area contributed by atoms with E-state index in [2.05, 4.69) is 17.2 Å². The van der Waals surface area contributed by atoms with Gasteiger partial charge in [0.2, 0.25) is 0 Å². The molecule has 0 aromatic heterocycles. The zero-order valence-corrected chi connectivity index (χ0v) is 11.4. The predicted molar refractivity (Wildman–Crippen MR) is 68.8 cm³/mol. The van der Waals surface area contributed by atoms with Gasteiger partial charge in [-0.05, 0) is 25.8 Å². The summed E-state index contributed by atoms with van der Waals surface area (Å²) < 4.78 is 10.9. The number of nitrogens with two attached hydrogens (primary N) is 1. The molecule has 0 aromatic carbocycles. The number of rotatable bonds is 7. The van der Waals surface area contributed by atoms with Crippen LogP contribution in [0.4, 0.5) is 0 Å². The molecule has 0 saturated carbocycles. The molecule has 0 spiro atoms. The molecule has 1 heterocycles. The molecule has 6 nitrogen and oxygen atoms in total. The van der Waals surface area contributed by atoms with Crippen LogP contribution in [0.2, 0.25) is 0 Å². The lowest BCUT2D eigenvalue weighted by Crippen LogP contribution is -2.55. The average molecular weight is 259 g/mol. The van der Waals surface area contributed by atoms with E-state index < -0.39 is 0 Å². The van der Waals surface area contributed by atoms with Crippen LogP contribution in [0.1, 0.15) is 26.2 Å². The van der Waals surface area contributed by atoms with E-state index in [0.29, 0.717) is 6.61 Å². The van der Waals surface area contributed by atoms with Crippen LogP contribution in [0.3, 0.4) is 0 Å². The van der Waals surface area contributed by atoms with Crippen molar-refractivity contribution in [3.05, 3.63) is 0 Å². The van der Waals surface area contributed by atoms with Crippen LogP contribution in [0.25, 0.3) is 0 Å². The molecule has 6 heteroatoms. The van der Waals surface area contributed by atoms with Crippen molar-refractivity contribution in [2.75, 3.05) is 33.4 Å². The minimum atomic E-state index is -0.326. The zero-order chi connectivity index (χ0) is 13.4. The average Bonchev–Trinajstić information content (AvgIpc) is 2.42. The second-order valence-electron chi connectivity index (χ2n) is 4.61. The highest BCUT2D eigenvalue weighted by Gasteiger charge is 2.30. The van der Waals surface area contributed by atoms with Crippen molar-refractivity contribution >= 4 is 5.91 Å². The Labute approximate surface area is 109 Å². The Hall–Kier alpha value is -0.690. The molecule has 1 aliphatic rings. The molecule has 2 atom stereocenters. The second kappa shape index (κ2) is 8.42. The van der Waals surface area contributed by atoms with Crippen molar-refractivity contribution in [1.29, 1.82) is 0 Å². The van der Waals surface area contributed by atoms with Crippen molar-refractivity contribution < 1.29 is 14.3 Å². The summed E-state index contributed by atoms with van der Waals surface area (Å²) in [6.45, 7) is 4.87. The van der Waals surface area contributed by atoms with Crippen LogP contribution < -0.4 is 11.3 Å². The van der Waals surface area contributed by atoms with Gasteiger partial charge in [0.1, 0.15) is 6.04 Å². The highest BCUT2D eigenvalue weighted by atomic mass is 16.5. The lowest BCUT2D eigenvalue weighted by atomic mass is 10.1. The van der Waals surface area contributed by atoms with Crippen LogP contribution in [0.15, 0.2) is 0 Å². The molecule has 2 unspecified atom stereocenters.